The molecule has 3 rings (SSSR count). The Morgan fingerprint density at radius 3 is 2.95 bits per heavy atom. The summed E-state index contributed by atoms with van der Waals surface area (Å²) in [5, 5.41) is 8.05. The largest absolute Gasteiger partial charge is 0.486 e. The van der Waals surface area contributed by atoms with E-state index in [1.54, 1.807) is 18.2 Å². The highest BCUT2D eigenvalue weighted by molar-refractivity contribution is 6.35. The van der Waals surface area contributed by atoms with Gasteiger partial charge in [-0.15, -0.1) is 0 Å². The fourth-order valence-corrected chi connectivity index (χ4v) is 2.77. The molecule has 5 nitrogen and oxygen atoms in total. The number of para-hydroxylation sites is 1. The maximum Gasteiger partial charge on any atom is 0.150 e. The Morgan fingerprint density at radius 1 is 1.27 bits per heavy atom. The van der Waals surface area contributed by atoms with Crippen molar-refractivity contribution in [1.82, 2.24) is 0 Å². The second-order valence-electron chi connectivity index (χ2n) is 4.84. The van der Waals surface area contributed by atoms with Crippen LogP contribution in [-0.4, -0.2) is 19.2 Å². The van der Waals surface area contributed by atoms with Crippen molar-refractivity contribution in [3.8, 4) is 16.9 Å². The van der Waals surface area contributed by atoms with Crippen LogP contribution in [0.5, 0.6) is 5.75 Å². The smallest absolute Gasteiger partial charge is 0.150 e. The van der Waals surface area contributed by atoms with Gasteiger partial charge in [-0.1, -0.05) is 40.4 Å². The van der Waals surface area contributed by atoms with Crippen LogP contribution in [0.4, 0.5) is 5.69 Å². The van der Waals surface area contributed by atoms with Crippen LogP contribution in [0.15, 0.2) is 41.5 Å². The van der Waals surface area contributed by atoms with Gasteiger partial charge in [-0.3, -0.25) is 0 Å². The van der Waals surface area contributed by atoms with E-state index < -0.39 is 0 Å². The minimum Gasteiger partial charge on any atom is -0.486 e. The second-order valence-corrected chi connectivity index (χ2v) is 5.68. The van der Waals surface area contributed by atoms with Crippen molar-refractivity contribution in [2.24, 2.45) is 5.11 Å². The Hall–Kier alpha value is -2.07. The molecule has 1 heterocycles. The number of benzene rings is 2. The molecule has 1 aliphatic rings. The summed E-state index contributed by atoms with van der Waals surface area (Å²) in [6.45, 7) is 0.847. The molecule has 22 heavy (non-hydrogen) atoms. The lowest BCUT2D eigenvalue weighted by Gasteiger charge is -2.28. The summed E-state index contributed by atoms with van der Waals surface area (Å²) >= 11 is 12.4. The van der Waals surface area contributed by atoms with Crippen molar-refractivity contribution in [3.05, 3.63) is 56.9 Å². The van der Waals surface area contributed by atoms with Gasteiger partial charge in [-0.25, -0.2) is 0 Å². The van der Waals surface area contributed by atoms with Crippen LogP contribution in [-0.2, 0) is 0 Å². The molecule has 1 atom stereocenters. The number of nitrogens with one attached hydrogen (secondary N) is 1. The molecule has 112 valence electrons. The zero-order chi connectivity index (χ0) is 15.5. The van der Waals surface area contributed by atoms with Gasteiger partial charge >= 0.3 is 0 Å². The Balaban J connectivity index is 2.04. The minimum absolute atomic E-state index is 0.220. The summed E-state index contributed by atoms with van der Waals surface area (Å²) in [6.07, 6.45) is -0.220. The summed E-state index contributed by atoms with van der Waals surface area (Å²) in [7, 11) is 0. The average Bonchev–Trinajstić information content (AvgIpc) is 2.54. The van der Waals surface area contributed by atoms with Crippen molar-refractivity contribution in [2.45, 2.75) is 6.10 Å². The predicted molar refractivity (Wildman–Crippen MR) is 88.8 cm³/mol. The topological polar surface area (TPSA) is 70.0 Å². The first kappa shape index (κ1) is 14.9. The molecule has 0 aromatic heterocycles. The van der Waals surface area contributed by atoms with E-state index >= 15 is 0 Å². The van der Waals surface area contributed by atoms with Gasteiger partial charge in [0.1, 0.15) is 6.10 Å². The molecule has 0 amide bonds. The lowest BCUT2D eigenvalue weighted by Crippen LogP contribution is -2.33. The van der Waals surface area contributed by atoms with E-state index in [1.807, 2.05) is 18.2 Å². The van der Waals surface area contributed by atoms with Gasteiger partial charge in [0.15, 0.2) is 5.75 Å². The zero-order valence-corrected chi connectivity index (χ0v) is 13.0. The number of hydrogen-bond donors (Lipinski definition) is 1. The van der Waals surface area contributed by atoms with E-state index in [9.17, 15) is 0 Å². The van der Waals surface area contributed by atoms with Crippen molar-refractivity contribution < 1.29 is 4.74 Å². The number of halogens is 2. The molecule has 0 aliphatic carbocycles. The van der Waals surface area contributed by atoms with E-state index in [4.69, 9.17) is 33.5 Å². The van der Waals surface area contributed by atoms with E-state index in [1.165, 1.54) is 0 Å². The highest BCUT2D eigenvalue weighted by atomic mass is 35.5. The van der Waals surface area contributed by atoms with Crippen molar-refractivity contribution in [3.63, 3.8) is 0 Å². The zero-order valence-electron chi connectivity index (χ0n) is 11.5. The lowest BCUT2D eigenvalue weighted by atomic mass is 10.0. The van der Waals surface area contributed by atoms with Crippen molar-refractivity contribution >= 4 is 28.9 Å². The number of hydrogen-bond acceptors (Lipinski definition) is 3. The molecular weight excluding hydrogens is 323 g/mol. The van der Waals surface area contributed by atoms with E-state index in [0.29, 0.717) is 22.3 Å². The molecule has 0 radical (unpaired) electrons. The van der Waals surface area contributed by atoms with Crippen LogP contribution in [0.1, 0.15) is 0 Å². The molecule has 0 saturated carbocycles. The molecule has 2 aromatic rings. The Kier molecular flexibility index (Phi) is 4.29. The molecule has 0 fully saturated rings. The van der Waals surface area contributed by atoms with Gasteiger partial charge in [0.2, 0.25) is 0 Å². The second kappa shape index (κ2) is 6.36. The standard InChI is InChI=1S/C15H12Cl2N4O/c16-9-4-5-13(17)12(6-9)11-2-1-3-14-15(11)22-10(7-19-14)8-20-21-18/h1-6,10,19H,7-8H2. The summed E-state index contributed by atoms with van der Waals surface area (Å²) < 4.78 is 5.99. The number of anilines is 1. The monoisotopic (exact) mass is 334 g/mol. The van der Waals surface area contributed by atoms with Gasteiger partial charge in [-0.05, 0) is 29.8 Å². The minimum atomic E-state index is -0.220. The van der Waals surface area contributed by atoms with E-state index in [-0.39, 0.29) is 12.6 Å². The van der Waals surface area contributed by atoms with Crippen molar-refractivity contribution in [1.29, 1.82) is 0 Å². The normalized spacial score (nSPS) is 16.0. The third-order valence-electron chi connectivity index (χ3n) is 3.39. The summed E-state index contributed by atoms with van der Waals surface area (Å²) in [5.41, 5.74) is 11.0. The van der Waals surface area contributed by atoms with Gasteiger partial charge in [-0.2, -0.15) is 0 Å². The van der Waals surface area contributed by atoms with Crippen LogP contribution in [0, 0.1) is 0 Å². The van der Waals surface area contributed by atoms with Gasteiger partial charge in [0, 0.05) is 26.1 Å². The summed E-state index contributed by atoms with van der Waals surface area (Å²) in [4.78, 5) is 2.77. The number of ether oxygens (including phenoxy) is 1. The fraction of sp³-hybridized carbons (Fsp3) is 0.200. The molecule has 1 N–H and O–H groups in total. The SMILES string of the molecule is [N-]=[N+]=NCC1CNc2cccc(-c3cc(Cl)ccc3Cl)c2O1. The number of fused-ring (bicyclic) bond motifs is 1. The molecule has 1 aliphatic heterocycles. The van der Waals surface area contributed by atoms with Gasteiger partial charge < -0.3 is 10.1 Å². The first-order valence-corrected chi connectivity index (χ1v) is 7.44. The third kappa shape index (κ3) is 2.92. The van der Waals surface area contributed by atoms with E-state index in [2.05, 4.69) is 15.3 Å². The molecular formula is C15H12Cl2N4O. The van der Waals surface area contributed by atoms with Crippen LogP contribution in [0.3, 0.4) is 0 Å². The Morgan fingerprint density at radius 2 is 2.14 bits per heavy atom. The summed E-state index contributed by atoms with van der Waals surface area (Å²) in [5.74, 6) is 0.691. The van der Waals surface area contributed by atoms with Gasteiger partial charge in [0.05, 0.1) is 18.8 Å². The number of azide groups is 1. The van der Waals surface area contributed by atoms with Crippen LogP contribution in [0.25, 0.3) is 21.6 Å². The van der Waals surface area contributed by atoms with Crippen LogP contribution >= 0.6 is 23.2 Å². The maximum absolute atomic E-state index is 8.44. The number of nitrogens with zero attached hydrogens (tertiary/aromatic N) is 3. The van der Waals surface area contributed by atoms with Gasteiger partial charge in [0.25, 0.3) is 0 Å². The van der Waals surface area contributed by atoms with Crippen LogP contribution < -0.4 is 10.1 Å². The summed E-state index contributed by atoms with van der Waals surface area (Å²) in [6, 6.07) is 11.1. The molecule has 2 aromatic carbocycles. The third-order valence-corrected chi connectivity index (χ3v) is 3.95. The molecule has 1 unspecified atom stereocenters. The molecule has 7 heteroatoms. The molecule has 0 bridgehead atoms. The van der Waals surface area contributed by atoms with Crippen molar-refractivity contribution in [2.75, 3.05) is 18.4 Å². The predicted octanol–water partition coefficient (Wildman–Crippen LogP) is 5.14. The van der Waals surface area contributed by atoms with Crippen LogP contribution in [0.2, 0.25) is 10.0 Å². The Labute approximate surface area is 137 Å². The number of rotatable bonds is 3. The molecule has 0 saturated heterocycles. The Bertz CT molecular complexity index is 759. The highest BCUT2D eigenvalue weighted by Gasteiger charge is 2.22. The fourth-order valence-electron chi connectivity index (χ4n) is 2.38. The lowest BCUT2D eigenvalue weighted by molar-refractivity contribution is 0.215. The quantitative estimate of drug-likeness (QED) is 0.479. The maximum atomic E-state index is 8.44. The van der Waals surface area contributed by atoms with E-state index in [0.717, 1.165) is 16.8 Å². The highest BCUT2D eigenvalue weighted by Crippen LogP contribution is 2.42. The first-order valence-electron chi connectivity index (χ1n) is 6.69. The average molecular weight is 335 g/mol. The molecule has 0 spiro atoms. The first-order chi connectivity index (χ1) is 10.7.